The Hall–Kier alpha value is -3.36. The second kappa shape index (κ2) is 7.16. The van der Waals surface area contributed by atoms with Crippen molar-refractivity contribution in [1.29, 1.82) is 0 Å². The summed E-state index contributed by atoms with van der Waals surface area (Å²) in [4.78, 5) is 26.5. The first-order valence-corrected chi connectivity index (χ1v) is 9.08. The van der Waals surface area contributed by atoms with Crippen LogP contribution >= 0.6 is 0 Å². The van der Waals surface area contributed by atoms with Crippen LogP contribution in [0, 0.1) is 5.82 Å². The molecule has 0 aliphatic carbocycles. The van der Waals surface area contributed by atoms with Gasteiger partial charge >= 0.3 is 6.18 Å². The highest BCUT2D eigenvalue weighted by Crippen LogP contribution is 2.34. The first kappa shape index (κ1) is 19.9. The zero-order chi connectivity index (χ0) is 21.6. The number of carbonyl (C=O) groups excluding carboxylic acids is 1. The van der Waals surface area contributed by atoms with Crippen molar-refractivity contribution in [2.45, 2.75) is 25.6 Å². The van der Waals surface area contributed by atoms with E-state index in [0.717, 1.165) is 17.7 Å². The molecule has 0 saturated carbocycles. The lowest BCUT2D eigenvalue weighted by Gasteiger charge is -2.15. The van der Waals surface area contributed by atoms with Gasteiger partial charge in [0.25, 0.3) is 5.91 Å². The summed E-state index contributed by atoms with van der Waals surface area (Å²) in [7, 11) is 1.68. The predicted octanol–water partition coefficient (Wildman–Crippen LogP) is 4.43. The van der Waals surface area contributed by atoms with Crippen LogP contribution in [0.4, 0.5) is 17.6 Å². The smallest absolute Gasteiger partial charge is 0.337 e. The SMILES string of the molecule is CC(c1cc(F)cc(C(F)(F)F)c1)c1cc(-c2nccc3c2CN(C)C3=O)ncn1. The van der Waals surface area contributed by atoms with Gasteiger partial charge in [0.15, 0.2) is 0 Å². The number of hydrogen-bond donors (Lipinski definition) is 0. The van der Waals surface area contributed by atoms with Gasteiger partial charge in [0, 0.05) is 36.8 Å². The van der Waals surface area contributed by atoms with Crippen molar-refractivity contribution in [3.05, 3.63) is 76.6 Å². The quantitative estimate of drug-likeness (QED) is 0.593. The molecule has 1 atom stereocenters. The van der Waals surface area contributed by atoms with Crippen molar-refractivity contribution >= 4 is 5.91 Å². The number of rotatable bonds is 3. The van der Waals surface area contributed by atoms with Crippen LogP contribution in [-0.2, 0) is 12.7 Å². The van der Waals surface area contributed by atoms with Gasteiger partial charge in [-0.2, -0.15) is 13.2 Å². The van der Waals surface area contributed by atoms with E-state index in [1.807, 2.05) is 0 Å². The standard InChI is InChI=1S/C21H16F4N4O/c1-11(12-5-13(21(23,24)25)7-14(22)6-12)17-8-18(28-10-27-17)19-16-9-29(2)20(30)15(16)3-4-26-19/h3-8,10-11H,9H2,1-2H3. The summed E-state index contributed by atoms with van der Waals surface area (Å²) in [5, 5.41) is 0. The van der Waals surface area contributed by atoms with E-state index in [-0.39, 0.29) is 11.5 Å². The fourth-order valence-corrected chi connectivity index (χ4v) is 3.52. The van der Waals surface area contributed by atoms with E-state index in [4.69, 9.17) is 0 Å². The summed E-state index contributed by atoms with van der Waals surface area (Å²) >= 11 is 0. The summed E-state index contributed by atoms with van der Waals surface area (Å²) in [6.45, 7) is 2.02. The van der Waals surface area contributed by atoms with Gasteiger partial charge in [-0.15, -0.1) is 0 Å². The van der Waals surface area contributed by atoms with Crippen molar-refractivity contribution in [3.8, 4) is 11.4 Å². The molecule has 1 unspecified atom stereocenters. The van der Waals surface area contributed by atoms with E-state index in [0.29, 0.717) is 35.3 Å². The van der Waals surface area contributed by atoms with E-state index < -0.39 is 23.5 Å². The zero-order valence-electron chi connectivity index (χ0n) is 16.0. The monoisotopic (exact) mass is 416 g/mol. The Bertz CT molecular complexity index is 1150. The average molecular weight is 416 g/mol. The Balaban J connectivity index is 1.74. The molecule has 3 heterocycles. The molecule has 9 heteroatoms. The molecule has 1 amide bonds. The highest BCUT2D eigenvalue weighted by Gasteiger charge is 2.32. The molecular formula is C21H16F4N4O. The van der Waals surface area contributed by atoms with Crippen molar-refractivity contribution in [2.24, 2.45) is 0 Å². The lowest BCUT2D eigenvalue weighted by atomic mass is 9.94. The first-order chi connectivity index (χ1) is 14.1. The molecule has 1 aliphatic heterocycles. The maximum atomic E-state index is 13.8. The number of amides is 1. The Morgan fingerprint density at radius 2 is 1.87 bits per heavy atom. The number of carbonyl (C=O) groups is 1. The second-order valence-electron chi connectivity index (χ2n) is 7.17. The molecule has 0 saturated heterocycles. The highest BCUT2D eigenvalue weighted by atomic mass is 19.4. The molecule has 0 bridgehead atoms. The number of halogens is 4. The van der Waals surface area contributed by atoms with Crippen LogP contribution in [0.3, 0.4) is 0 Å². The Morgan fingerprint density at radius 3 is 2.60 bits per heavy atom. The molecular weight excluding hydrogens is 400 g/mol. The lowest BCUT2D eigenvalue weighted by molar-refractivity contribution is -0.137. The molecule has 154 valence electrons. The van der Waals surface area contributed by atoms with Crippen LogP contribution in [-0.4, -0.2) is 32.8 Å². The fraction of sp³-hybridized carbons (Fsp3) is 0.238. The Kier molecular flexibility index (Phi) is 4.76. The second-order valence-corrected chi connectivity index (χ2v) is 7.17. The third kappa shape index (κ3) is 3.51. The van der Waals surface area contributed by atoms with E-state index in [1.54, 1.807) is 31.0 Å². The van der Waals surface area contributed by atoms with Crippen molar-refractivity contribution < 1.29 is 22.4 Å². The first-order valence-electron chi connectivity index (χ1n) is 9.08. The molecule has 5 nitrogen and oxygen atoms in total. The fourth-order valence-electron chi connectivity index (χ4n) is 3.52. The van der Waals surface area contributed by atoms with Crippen molar-refractivity contribution in [2.75, 3.05) is 7.05 Å². The van der Waals surface area contributed by atoms with Crippen LogP contribution in [0.25, 0.3) is 11.4 Å². The maximum Gasteiger partial charge on any atom is 0.416 e. The Labute approximate surface area is 169 Å². The van der Waals surface area contributed by atoms with Crippen LogP contribution < -0.4 is 0 Å². The Morgan fingerprint density at radius 1 is 1.10 bits per heavy atom. The third-order valence-corrected chi connectivity index (χ3v) is 5.15. The van der Waals surface area contributed by atoms with Gasteiger partial charge in [-0.25, -0.2) is 14.4 Å². The molecule has 4 rings (SSSR count). The van der Waals surface area contributed by atoms with Gasteiger partial charge in [-0.3, -0.25) is 9.78 Å². The van der Waals surface area contributed by atoms with Gasteiger partial charge in [0.2, 0.25) is 0 Å². The summed E-state index contributed by atoms with van der Waals surface area (Å²) < 4.78 is 53.0. The molecule has 0 N–H and O–H groups in total. The molecule has 2 aromatic heterocycles. The molecule has 3 aromatic rings. The zero-order valence-corrected chi connectivity index (χ0v) is 16.0. The minimum atomic E-state index is -4.65. The van der Waals surface area contributed by atoms with Crippen LogP contribution in [0.1, 0.15) is 45.6 Å². The molecule has 1 aliphatic rings. The summed E-state index contributed by atoms with van der Waals surface area (Å²) in [5.74, 6) is -1.70. The normalized spacial score (nSPS) is 14.7. The highest BCUT2D eigenvalue weighted by molar-refractivity contribution is 5.99. The largest absolute Gasteiger partial charge is 0.416 e. The molecule has 0 radical (unpaired) electrons. The predicted molar refractivity (Wildman–Crippen MR) is 100.0 cm³/mol. The van der Waals surface area contributed by atoms with Crippen LogP contribution in [0.15, 0.2) is 42.9 Å². The van der Waals surface area contributed by atoms with Crippen LogP contribution in [0.2, 0.25) is 0 Å². The number of alkyl halides is 3. The number of fused-ring (bicyclic) bond motifs is 1. The maximum absolute atomic E-state index is 13.8. The summed E-state index contributed by atoms with van der Waals surface area (Å²) in [5.41, 5.74) is 1.73. The van der Waals surface area contributed by atoms with Gasteiger partial charge < -0.3 is 4.90 Å². The van der Waals surface area contributed by atoms with Gasteiger partial charge in [0.05, 0.1) is 22.6 Å². The number of pyridine rings is 1. The molecule has 0 spiro atoms. The average Bonchev–Trinajstić information content (AvgIpc) is 3.00. The lowest BCUT2D eigenvalue weighted by Crippen LogP contribution is -2.17. The van der Waals surface area contributed by atoms with Crippen LogP contribution in [0.5, 0.6) is 0 Å². The summed E-state index contributed by atoms with van der Waals surface area (Å²) in [6.07, 6.45) is -1.86. The van der Waals surface area contributed by atoms with Crippen molar-refractivity contribution in [1.82, 2.24) is 19.9 Å². The van der Waals surface area contributed by atoms with Gasteiger partial charge in [-0.1, -0.05) is 6.92 Å². The molecule has 0 fully saturated rings. The number of benzene rings is 1. The minimum absolute atomic E-state index is 0.115. The number of aromatic nitrogens is 3. The van der Waals surface area contributed by atoms with E-state index in [9.17, 15) is 22.4 Å². The topological polar surface area (TPSA) is 59.0 Å². The van der Waals surface area contributed by atoms with E-state index in [1.165, 1.54) is 12.5 Å². The van der Waals surface area contributed by atoms with E-state index in [2.05, 4.69) is 15.0 Å². The molecule has 1 aromatic carbocycles. The third-order valence-electron chi connectivity index (χ3n) is 5.15. The summed E-state index contributed by atoms with van der Waals surface area (Å²) in [6, 6.07) is 5.69. The number of hydrogen-bond acceptors (Lipinski definition) is 4. The van der Waals surface area contributed by atoms with Gasteiger partial charge in [-0.05, 0) is 35.9 Å². The molecule has 30 heavy (non-hydrogen) atoms. The number of nitrogens with zero attached hydrogens (tertiary/aromatic N) is 4. The van der Waals surface area contributed by atoms with Gasteiger partial charge in [0.1, 0.15) is 12.1 Å². The van der Waals surface area contributed by atoms with Crippen molar-refractivity contribution in [3.63, 3.8) is 0 Å². The van der Waals surface area contributed by atoms with E-state index >= 15 is 0 Å². The minimum Gasteiger partial charge on any atom is -0.337 e.